The van der Waals surface area contributed by atoms with Gasteiger partial charge in [-0.1, -0.05) is 6.07 Å². The summed E-state index contributed by atoms with van der Waals surface area (Å²) in [6.45, 7) is 0.246. The van der Waals surface area contributed by atoms with Gasteiger partial charge in [0, 0.05) is 11.8 Å². The highest BCUT2D eigenvalue weighted by atomic mass is 32.2. The molecule has 1 heterocycles. The Morgan fingerprint density at radius 2 is 2.00 bits per heavy atom. The molecule has 0 unspecified atom stereocenters. The van der Waals surface area contributed by atoms with Crippen LogP contribution in [0.1, 0.15) is 5.56 Å². The zero-order chi connectivity index (χ0) is 15.9. The first kappa shape index (κ1) is 14.8. The first-order valence-electron chi connectivity index (χ1n) is 6.31. The molecule has 0 fully saturated rings. The van der Waals surface area contributed by atoms with Gasteiger partial charge in [-0.3, -0.25) is 4.72 Å². The van der Waals surface area contributed by atoms with Crippen LogP contribution in [0.2, 0.25) is 0 Å². The quantitative estimate of drug-likeness (QED) is 0.717. The zero-order valence-corrected chi connectivity index (χ0v) is 12.0. The standard InChI is InChI=1S/C13H11BFNO5S/c15-12-6-10(17)3-4-13(12)22(19,20)16-9-2-1-8-7-21-14(18)11(8)5-9/h1-6,16-18H,7H2. The molecule has 3 N–H and O–H groups in total. The van der Waals surface area contributed by atoms with Crippen LogP contribution in [0.25, 0.3) is 0 Å². The number of nitrogens with one attached hydrogen (secondary N) is 1. The Bertz CT molecular complexity index is 842. The SMILES string of the molecule is O=S(=O)(Nc1ccc2c(c1)B(O)OC2)c1ccc(O)cc1F. The van der Waals surface area contributed by atoms with Crippen molar-refractivity contribution in [3.05, 3.63) is 47.8 Å². The third-order valence-electron chi connectivity index (χ3n) is 3.27. The highest BCUT2D eigenvalue weighted by Gasteiger charge is 2.28. The molecule has 0 radical (unpaired) electrons. The molecule has 1 aliphatic heterocycles. The summed E-state index contributed by atoms with van der Waals surface area (Å²) in [7, 11) is -5.26. The molecule has 0 aliphatic carbocycles. The molecule has 0 bridgehead atoms. The number of fused-ring (bicyclic) bond motifs is 1. The van der Waals surface area contributed by atoms with Crippen LogP contribution in [0.5, 0.6) is 5.75 Å². The maximum Gasteiger partial charge on any atom is 0.491 e. The van der Waals surface area contributed by atoms with E-state index in [1.54, 1.807) is 6.07 Å². The van der Waals surface area contributed by atoms with Crippen LogP contribution in [0, 0.1) is 5.82 Å². The molecular weight excluding hydrogens is 312 g/mol. The van der Waals surface area contributed by atoms with Gasteiger partial charge in [-0.15, -0.1) is 0 Å². The van der Waals surface area contributed by atoms with Crippen LogP contribution in [0.15, 0.2) is 41.3 Å². The number of benzene rings is 2. The van der Waals surface area contributed by atoms with Gasteiger partial charge < -0.3 is 14.8 Å². The van der Waals surface area contributed by atoms with Crippen LogP contribution in [0.4, 0.5) is 10.1 Å². The Labute approximate surface area is 126 Å². The lowest BCUT2D eigenvalue weighted by Crippen LogP contribution is -2.28. The number of phenols is 1. The van der Waals surface area contributed by atoms with Crippen molar-refractivity contribution in [3.8, 4) is 5.75 Å². The average Bonchev–Trinajstić information content (AvgIpc) is 2.79. The van der Waals surface area contributed by atoms with E-state index in [0.29, 0.717) is 5.46 Å². The molecule has 0 saturated heterocycles. The van der Waals surface area contributed by atoms with E-state index in [2.05, 4.69) is 4.72 Å². The fourth-order valence-corrected chi connectivity index (χ4v) is 3.31. The second-order valence-corrected chi connectivity index (χ2v) is 6.45. The number of halogens is 1. The number of phenolic OH excluding ortho intramolecular Hbond substituents is 1. The summed E-state index contributed by atoms with van der Waals surface area (Å²) in [5.74, 6) is -1.42. The average molecular weight is 323 g/mol. The molecule has 0 amide bonds. The lowest BCUT2D eigenvalue weighted by atomic mass is 9.79. The van der Waals surface area contributed by atoms with E-state index in [1.165, 1.54) is 12.1 Å². The topological polar surface area (TPSA) is 95.9 Å². The molecule has 1 aliphatic rings. The molecule has 0 atom stereocenters. The first-order valence-corrected chi connectivity index (χ1v) is 7.79. The molecule has 2 aromatic carbocycles. The van der Waals surface area contributed by atoms with Gasteiger partial charge in [-0.25, -0.2) is 12.8 Å². The molecule has 2 aromatic rings. The van der Waals surface area contributed by atoms with Crippen molar-refractivity contribution in [1.82, 2.24) is 0 Å². The highest BCUT2D eigenvalue weighted by molar-refractivity contribution is 7.92. The smallest absolute Gasteiger partial charge is 0.491 e. The fourth-order valence-electron chi connectivity index (χ4n) is 2.20. The van der Waals surface area contributed by atoms with E-state index in [-0.39, 0.29) is 18.0 Å². The third-order valence-corrected chi connectivity index (χ3v) is 4.68. The largest absolute Gasteiger partial charge is 0.508 e. The molecule has 6 nitrogen and oxygen atoms in total. The van der Waals surface area contributed by atoms with Crippen LogP contribution in [0.3, 0.4) is 0 Å². The number of hydrogen-bond donors (Lipinski definition) is 3. The van der Waals surface area contributed by atoms with Crippen LogP contribution in [-0.2, 0) is 21.3 Å². The van der Waals surface area contributed by atoms with Crippen molar-refractivity contribution in [3.63, 3.8) is 0 Å². The van der Waals surface area contributed by atoms with Crippen molar-refractivity contribution in [2.45, 2.75) is 11.5 Å². The summed E-state index contributed by atoms with van der Waals surface area (Å²) < 4.78 is 45.3. The number of anilines is 1. The van der Waals surface area contributed by atoms with Gasteiger partial charge >= 0.3 is 7.12 Å². The molecule has 0 saturated carbocycles. The third kappa shape index (κ3) is 2.65. The minimum Gasteiger partial charge on any atom is -0.508 e. The summed E-state index contributed by atoms with van der Waals surface area (Å²) in [6.07, 6.45) is 0. The Hall–Kier alpha value is -2.10. The summed E-state index contributed by atoms with van der Waals surface area (Å²) >= 11 is 0. The van der Waals surface area contributed by atoms with Gasteiger partial charge in [0.05, 0.1) is 6.61 Å². The Morgan fingerprint density at radius 3 is 2.73 bits per heavy atom. The summed E-state index contributed by atoms with van der Waals surface area (Å²) in [6, 6.07) is 7.32. The van der Waals surface area contributed by atoms with E-state index < -0.39 is 27.9 Å². The van der Waals surface area contributed by atoms with Crippen molar-refractivity contribution < 1.29 is 27.6 Å². The molecule has 114 valence electrons. The monoisotopic (exact) mass is 323 g/mol. The number of sulfonamides is 1. The Morgan fingerprint density at radius 1 is 1.23 bits per heavy atom. The maximum absolute atomic E-state index is 13.7. The van der Waals surface area contributed by atoms with E-state index in [0.717, 1.165) is 23.8 Å². The van der Waals surface area contributed by atoms with E-state index >= 15 is 0 Å². The predicted molar refractivity (Wildman–Crippen MR) is 77.7 cm³/mol. The molecule has 9 heteroatoms. The molecule has 3 rings (SSSR count). The number of aromatic hydroxyl groups is 1. The van der Waals surface area contributed by atoms with E-state index in [1.807, 2.05) is 0 Å². The van der Waals surface area contributed by atoms with Crippen LogP contribution in [-0.4, -0.2) is 25.7 Å². The van der Waals surface area contributed by atoms with Crippen LogP contribution >= 0.6 is 0 Å². The molecule has 0 spiro atoms. The summed E-state index contributed by atoms with van der Waals surface area (Å²) in [4.78, 5) is -0.581. The minimum atomic E-state index is -4.15. The van der Waals surface area contributed by atoms with Gasteiger partial charge in [0.25, 0.3) is 10.0 Å². The van der Waals surface area contributed by atoms with E-state index in [4.69, 9.17) is 9.76 Å². The fraction of sp³-hybridized carbons (Fsp3) is 0.0769. The summed E-state index contributed by atoms with van der Waals surface area (Å²) in [5, 5.41) is 18.7. The van der Waals surface area contributed by atoms with Gasteiger partial charge in [-0.05, 0) is 35.3 Å². The lowest BCUT2D eigenvalue weighted by Gasteiger charge is -2.10. The lowest BCUT2D eigenvalue weighted by molar-refractivity contribution is 0.275. The molecular formula is C13H11BFNO5S. The van der Waals surface area contributed by atoms with E-state index in [9.17, 15) is 17.8 Å². The first-order chi connectivity index (χ1) is 10.4. The second kappa shape index (κ2) is 5.27. The van der Waals surface area contributed by atoms with Crippen molar-refractivity contribution >= 4 is 28.3 Å². The van der Waals surface area contributed by atoms with Crippen molar-refractivity contribution in [2.75, 3.05) is 4.72 Å². The van der Waals surface area contributed by atoms with Gasteiger partial charge in [-0.2, -0.15) is 0 Å². The Balaban J connectivity index is 1.93. The van der Waals surface area contributed by atoms with Crippen LogP contribution < -0.4 is 10.2 Å². The van der Waals surface area contributed by atoms with Gasteiger partial charge in [0.15, 0.2) is 0 Å². The normalized spacial score (nSPS) is 14.0. The highest BCUT2D eigenvalue weighted by Crippen LogP contribution is 2.23. The number of hydrogen-bond acceptors (Lipinski definition) is 5. The zero-order valence-electron chi connectivity index (χ0n) is 11.2. The molecule has 22 heavy (non-hydrogen) atoms. The van der Waals surface area contributed by atoms with Gasteiger partial charge in [0.2, 0.25) is 0 Å². The molecule has 0 aromatic heterocycles. The number of rotatable bonds is 3. The van der Waals surface area contributed by atoms with Crippen molar-refractivity contribution in [1.29, 1.82) is 0 Å². The predicted octanol–water partition coefficient (Wildman–Crippen LogP) is 0.550. The Kier molecular flexibility index (Phi) is 3.55. The second-order valence-electron chi connectivity index (χ2n) is 4.80. The minimum absolute atomic E-state index is 0.177. The van der Waals surface area contributed by atoms with Crippen molar-refractivity contribution in [2.24, 2.45) is 0 Å². The van der Waals surface area contributed by atoms with Gasteiger partial charge in [0.1, 0.15) is 16.5 Å². The maximum atomic E-state index is 13.7. The summed E-state index contributed by atoms with van der Waals surface area (Å²) in [5.41, 5.74) is 1.40.